The molecule has 1 unspecified atom stereocenters. The van der Waals surface area contributed by atoms with Gasteiger partial charge in [0.25, 0.3) is 5.91 Å². The zero-order chi connectivity index (χ0) is 28.6. The summed E-state index contributed by atoms with van der Waals surface area (Å²) in [6, 6.07) is 4.02. The van der Waals surface area contributed by atoms with Gasteiger partial charge in [-0.05, 0) is 42.7 Å². The minimum atomic E-state index is -6.88. The molecule has 6 nitrogen and oxygen atoms in total. The first-order chi connectivity index (χ1) is 16.8. The van der Waals surface area contributed by atoms with E-state index in [2.05, 4.69) is 5.32 Å². The molecule has 0 fully saturated rings. The molecule has 37 heavy (non-hydrogen) atoms. The van der Waals surface area contributed by atoms with Crippen molar-refractivity contribution in [3.63, 3.8) is 0 Å². The number of alkyl halides is 9. The standard InChI is InChI=1S/C22H19F9N2O4/c1-4-11-9-12(19(23,21(26,27)28)20(24,25)22(29,30)31)8-10(2)15(11)33-17(34)13-6-5-7-14(16(13)37-3)32-18(35)36/h5-9,32H,4H2,1-3H3,(H,33,34)(H,35,36). The SMILES string of the molecule is CCc1cc(C(F)(C(F)(F)F)C(F)(F)C(F)(F)F)cc(C)c1NC(=O)c1cccc(NC(=O)O)c1OC. The Balaban J connectivity index is 2.65. The van der Waals surface area contributed by atoms with Crippen LogP contribution in [0.2, 0.25) is 0 Å². The van der Waals surface area contributed by atoms with Crippen LogP contribution in [0.1, 0.15) is 34.0 Å². The molecule has 0 spiro atoms. The molecule has 1 atom stereocenters. The molecule has 0 heterocycles. The number of hydrogen-bond acceptors (Lipinski definition) is 3. The number of methoxy groups -OCH3 is 1. The number of amides is 2. The fourth-order valence-corrected chi connectivity index (χ4v) is 3.57. The number of ether oxygens (including phenoxy) is 1. The van der Waals surface area contributed by atoms with Crippen molar-refractivity contribution in [3.05, 3.63) is 52.6 Å². The minimum Gasteiger partial charge on any atom is -0.494 e. The Morgan fingerprint density at radius 2 is 1.54 bits per heavy atom. The van der Waals surface area contributed by atoms with Crippen LogP contribution in [0.15, 0.2) is 30.3 Å². The molecule has 2 aromatic carbocycles. The Kier molecular flexibility index (Phi) is 8.00. The van der Waals surface area contributed by atoms with Gasteiger partial charge in [-0.2, -0.15) is 35.1 Å². The van der Waals surface area contributed by atoms with E-state index in [0.717, 1.165) is 14.0 Å². The van der Waals surface area contributed by atoms with Gasteiger partial charge in [0.2, 0.25) is 0 Å². The van der Waals surface area contributed by atoms with Crippen LogP contribution in [0.4, 0.5) is 55.7 Å². The van der Waals surface area contributed by atoms with Crippen molar-refractivity contribution in [1.29, 1.82) is 0 Å². The average Bonchev–Trinajstić information content (AvgIpc) is 2.77. The molecule has 0 aliphatic rings. The molecule has 15 heteroatoms. The quantitative estimate of drug-likeness (QED) is 0.332. The Morgan fingerprint density at radius 3 is 2.00 bits per heavy atom. The van der Waals surface area contributed by atoms with Crippen molar-refractivity contribution >= 4 is 23.4 Å². The summed E-state index contributed by atoms with van der Waals surface area (Å²) in [7, 11) is 1.11. The van der Waals surface area contributed by atoms with E-state index in [1.165, 1.54) is 25.1 Å². The topological polar surface area (TPSA) is 87.7 Å². The number of benzene rings is 2. The van der Waals surface area contributed by atoms with Gasteiger partial charge in [0.15, 0.2) is 5.75 Å². The van der Waals surface area contributed by atoms with Crippen LogP contribution in [0.25, 0.3) is 0 Å². The van der Waals surface area contributed by atoms with Gasteiger partial charge in [0.05, 0.1) is 18.4 Å². The predicted octanol–water partition coefficient (Wildman–Crippen LogP) is 6.83. The van der Waals surface area contributed by atoms with Crippen LogP contribution in [0, 0.1) is 6.92 Å². The molecule has 0 aliphatic carbocycles. The Hall–Kier alpha value is -3.65. The van der Waals surface area contributed by atoms with Crippen LogP contribution < -0.4 is 15.4 Å². The number of aryl methyl sites for hydroxylation is 2. The van der Waals surface area contributed by atoms with Crippen molar-refractivity contribution in [2.45, 2.75) is 44.2 Å². The van der Waals surface area contributed by atoms with Gasteiger partial charge in [-0.1, -0.05) is 19.1 Å². The van der Waals surface area contributed by atoms with E-state index in [9.17, 15) is 49.1 Å². The molecule has 0 saturated heterocycles. The lowest BCUT2D eigenvalue weighted by Crippen LogP contribution is -2.59. The normalized spacial score (nSPS) is 14.1. The monoisotopic (exact) mass is 546 g/mol. The first-order valence-electron chi connectivity index (χ1n) is 10.2. The van der Waals surface area contributed by atoms with Gasteiger partial charge >= 0.3 is 30.0 Å². The van der Waals surface area contributed by atoms with Crippen LogP contribution in [-0.4, -0.2) is 42.5 Å². The van der Waals surface area contributed by atoms with Gasteiger partial charge in [-0.3, -0.25) is 10.1 Å². The second-order valence-corrected chi connectivity index (χ2v) is 7.68. The van der Waals surface area contributed by atoms with Crippen LogP contribution in [0.3, 0.4) is 0 Å². The van der Waals surface area contributed by atoms with Crippen LogP contribution in [0.5, 0.6) is 5.75 Å². The largest absolute Gasteiger partial charge is 0.494 e. The van der Waals surface area contributed by atoms with Crippen molar-refractivity contribution in [3.8, 4) is 5.75 Å². The third kappa shape index (κ3) is 5.25. The summed E-state index contributed by atoms with van der Waals surface area (Å²) in [4.78, 5) is 23.8. The number of carbonyl (C=O) groups excluding carboxylic acids is 1. The summed E-state index contributed by atoms with van der Waals surface area (Å²) in [5, 5.41) is 13.2. The molecule has 0 aromatic heterocycles. The van der Waals surface area contributed by atoms with Gasteiger partial charge in [-0.25, -0.2) is 9.18 Å². The number of carbonyl (C=O) groups is 2. The smallest absolute Gasteiger partial charge is 0.457 e. The first-order valence-corrected chi connectivity index (χ1v) is 10.2. The molecule has 0 radical (unpaired) electrons. The number of carboxylic acid groups (broad SMARTS) is 1. The highest BCUT2D eigenvalue weighted by atomic mass is 19.4. The number of para-hydroxylation sites is 1. The fourth-order valence-electron chi connectivity index (χ4n) is 3.57. The molecule has 204 valence electrons. The minimum absolute atomic E-state index is 0.140. The molecular weight excluding hydrogens is 527 g/mol. The van der Waals surface area contributed by atoms with Crippen LogP contribution >= 0.6 is 0 Å². The highest BCUT2D eigenvalue weighted by Gasteiger charge is 2.81. The molecule has 2 aromatic rings. The fraction of sp³-hybridized carbons (Fsp3) is 0.364. The summed E-state index contributed by atoms with van der Waals surface area (Å²) in [6.07, 6.45) is -15.4. The Labute approximate surface area is 203 Å². The highest BCUT2D eigenvalue weighted by Crippen LogP contribution is 2.58. The maximum Gasteiger partial charge on any atom is 0.457 e. The molecule has 0 bridgehead atoms. The maximum absolute atomic E-state index is 15.0. The summed E-state index contributed by atoms with van der Waals surface area (Å²) in [5.41, 5.74) is -9.66. The lowest BCUT2D eigenvalue weighted by molar-refractivity contribution is -0.389. The second-order valence-electron chi connectivity index (χ2n) is 7.68. The lowest BCUT2D eigenvalue weighted by Gasteiger charge is -2.36. The van der Waals surface area contributed by atoms with Crippen molar-refractivity contribution in [1.82, 2.24) is 0 Å². The molecule has 2 rings (SSSR count). The van der Waals surface area contributed by atoms with E-state index in [-0.39, 0.29) is 46.8 Å². The van der Waals surface area contributed by atoms with Gasteiger partial charge in [0, 0.05) is 11.3 Å². The number of rotatable bonds is 7. The Morgan fingerprint density at radius 1 is 0.946 bits per heavy atom. The molecule has 2 amide bonds. The molecular formula is C22H19F9N2O4. The Bertz CT molecular complexity index is 1200. The summed E-state index contributed by atoms with van der Waals surface area (Å²) in [6.45, 7) is 2.25. The third-order valence-corrected chi connectivity index (χ3v) is 5.32. The number of hydrogen-bond donors (Lipinski definition) is 3. The molecule has 0 aliphatic heterocycles. The third-order valence-electron chi connectivity index (χ3n) is 5.32. The summed E-state index contributed by atoms with van der Waals surface area (Å²) in [5.74, 6) is -8.09. The average molecular weight is 546 g/mol. The number of halogens is 9. The first kappa shape index (κ1) is 29.6. The van der Waals surface area contributed by atoms with Crippen molar-refractivity contribution < 1.29 is 58.9 Å². The molecule has 3 N–H and O–H groups in total. The maximum atomic E-state index is 15.0. The summed E-state index contributed by atoms with van der Waals surface area (Å²) >= 11 is 0. The number of nitrogens with one attached hydrogen (secondary N) is 2. The van der Waals surface area contributed by atoms with E-state index in [1.807, 2.05) is 5.32 Å². The second kappa shape index (κ2) is 10.0. The van der Waals surface area contributed by atoms with E-state index >= 15 is 0 Å². The van der Waals surface area contributed by atoms with Gasteiger partial charge < -0.3 is 15.2 Å². The van der Waals surface area contributed by atoms with Crippen molar-refractivity contribution in [2.24, 2.45) is 0 Å². The highest BCUT2D eigenvalue weighted by molar-refractivity contribution is 6.08. The van der Waals surface area contributed by atoms with Gasteiger partial charge in [0.1, 0.15) is 0 Å². The van der Waals surface area contributed by atoms with Gasteiger partial charge in [-0.15, -0.1) is 0 Å². The van der Waals surface area contributed by atoms with Crippen LogP contribution in [-0.2, 0) is 12.1 Å². The summed E-state index contributed by atoms with van der Waals surface area (Å²) < 4.78 is 127. The van der Waals surface area contributed by atoms with E-state index in [4.69, 9.17) is 9.84 Å². The van der Waals surface area contributed by atoms with Crippen molar-refractivity contribution in [2.75, 3.05) is 17.7 Å². The number of anilines is 2. The predicted molar refractivity (Wildman–Crippen MR) is 113 cm³/mol. The van der Waals surface area contributed by atoms with E-state index < -0.39 is 47.1 Å². The van der Waals surface area contributed by atoms with E-state index in [0.29, 0.717) is 0 Å². The zero-order valence-corrected chi connectivity index (χ0v) is 19.2. The zero-order valence-electron chi connectivity index (χ0n) is 19.2. The van der Waals surface area contributed by atoms with E-state index in [1.54, 1.807) is 0 Å². The molecule has 0 saturated carbocycles. The lowest BCUT2D eigenvalue weighted by atomic mass is 9.85.